The Labute approximate surface area is 288 Å². The number of ether oxygens (including phenoxy) is 3. The minimum Gasteiger partial charge on any atom is -0.448 e. The summed E-state index contributed by atoms with van der Waals surface area (Å²) in [6.45, 7) is -0.0717. The van der Waals surface area contributed by atoms with E-state index < -0.39 is 47.7 Å². The zero-order valence-corrected chi connectivity index (χ0v) is 27.0. The van der Waals surface area contributed by atoms with Gasteiger partial charge < -0.3 is 24.8 Å². The number of carbonyl (C=O) groups is 5. The summed E-state index contributed by atoms with van der Waals surface area (Å²) < 4.78 is 16.8. The second-order valence-corrected chi connectivity index (χ2v) is 11.8. The predicted molar refractivity (Wildman–Crippen MR) is 177 cm³/mol. The number of benzene rings is 4. The molecule has 0 radical (unpaired) electrons. The van der Waals surface area contributed by atoms with E-state index in [9.17, 15) is 24.0 Å². The maximum Gasteiger partial charge on any atom is 0.407 e. The highest BCUT2D eigenvalue weighted by Crippen LogP contribution is 2.37. The molecule has 2 fully saturated rings. The van der Waals surface area contributed by atoms with Crippen LogP contribution in [0.4, 0.5) is 4.79 Å². The van der Waals surface area contributed by atoms with Crippen LogP contribution in [0.15, 0.2) is 115 Å². The van der Waals surface area contributed by atoms with E-state index in [0.29, 0.717) is 22.3 Å². The van der Waals surface area contributed by atoms with Crippen LogP contribution in [-0.2, 0) is 57.8 Å². The van der Waals surface area contributed by atoms with E-state index in [4.69, 9.17) is 19.0 Å². The maximum absolute atomic E-state index is 13.9. The van der Waals surface area contributed by atoms with Crippen molar-refractivity contribution in [2.75, 3.05) is 6.61 Å². The van der Waals surface area contributed by atoms with Crippen molar-refractivity contribution in [3.05, 3.63) is 143 Å². The number of hydroxylamine groups is 2. The van der Waals surface area contributed by atoms with E-state index in [2.05, 4.69) is 10.6 Å². The van der Waals surface area contributed by atoms with Gasteiger partial charge in [0.15, 0.2) is 6.10 Å². The van der Waals surface area contributed by atoms with Crippen LogP contribution in [-0.4, -0.2) is 53.3 Å². The summed E-state index contributed by atoms with van der Waals surface area (Å²) >= 11 is 0. The van der Waals surface area contributed by atoms with Gasteiger partial charge >= 0.3 is 23.8 Å². The number of esters is 2. The monoisotopic (exact) mass is 677 g/mol. The second-order valence-electron chi connectivity index (χ2n) is 11.8. The number of amides is 3. The van der Waals surface area contributed by atoms with Crippen LogP contribution in [0.2, 0.25) is 0 Å². The summed E-state index contributed by atoms with van der Waals surface area (Å²) in [5.41, 5.74) is 1.31. The van der Waals surface area contributed by atoms with Crippen molar-refractivity contribution in [1.29, 1.82) is 0 Å². The van der Waals surface area contributed by atoms with Gasteiger partial charge in [-0.15, -0.1) is 0 Å². The number of alkyl carbamates (subject to hydrolysis) is 1. The topological polar surface area (TPSA) is 150 Å². The van der Waals surface area contributed by atoms with Gasteiger partial charge in [0.1, 0.15) is 19.3 Å². The quantitative estimate of drug-likeness (QED) is 0.166. The smallest absolute Gasteiger partial charge is 0.407 e. The van der Waals surface area contributed by atoms with Gasteiger partial charge in [-0.05, 0) is 27.8 Å². The molecule has 256 valence electrons. The van der Waals surface area contributed by atoms with E-state index in [1.165, 1.54) is 0 Å². The van der Waals surface area contributed by atoms with Crippen LogP contribution in [0.25, 0.3) is 0 Å². The van der Waals surface area contributed by atoms with Crippen LogP contribution >= 0.6 is 0 Å². The van der Waals surface area contributed by atoms with E-state index in [1.807, 2.05) is 42.5 Å². The van der Waals surface area contributed by atoms with Gasteiger partial charge in [-0.25, -0.2) is 9.59 Å². The average molecular weight is 678 g/mol. The number of carbonyl (C=O) groups excluding carboxylic acids is 5. The van der Waals surface area contributed by atoms with Crippen molar-refractivity contribution in [2.45, 2.75) is 50.3 Å². The Bertz CT molecular complexity index is 1800. The number of hydrogen-bond acceptors (Lipinski definition) is 9. The third kappa shape index (κ3) is 7.82. The highest BCUT2D eigenvalue weighted by atomic mass is 16.8. The normalized spacial score (nSPS) is 18.4. The lowest BCUT2D eigenvalue weighted by Crippen LogP contribution is -2.57. The van der Waals surface area contributed by atoms with Gasteiger partial charge in [-0.2, -0.15) is 5.06 Å². The molecule has 2 atom stereocenters. The third-order valence-electron chi connectivity index (χ3n) is 8.34. The Morgan fingerprint density at radius 1 is 0.820 bits per heavy atom. The van der Waals surface area contributed by atoms with Crippen molar-refractivity contribution < 1.29 is 43.0 Å². The zero-order valence-electron chi connectivity index (χ0n) is 27.0. The molecule has 0 saturated carbocycles. The Kier molecular flexibility index (Phi) is 10.5. The lowest BCUT2D eigenvalue weighted by molar-refractivity contribution is -0.260. The number of cyclic esters (lactones) is 1. The van der Waals surface area contributed by atoms with Gasteiger partial charge in [0.2, 0.25) is 5.91 Å². The second kappa shape index (κ2) is 15.5. The highest BCUT2D eigenvalue weighted by Gasteiger charge is 2.60. The summed E-state index contributed by atoms with van der Waals surface area (Å²) in [5, 5.41) is 6.07. The van der Waals surface area contributed by atoms with Crippen LogP contribution in [0.3, 0.4) is 0 Å². The Balaban J connectivity index is 1.09. The Morgan fingerprint density at radius 3 is 2.04 bits per heavy atom. The first-order chi connectivity index (χ1) is 24.3. The first kappa shape index (κ1) is 33.9. The molecule has 6 rings (SSSR count). The molecule has 0 aliphatic carbocycles. The van der Waals surface area contributed by atoms with E-state index >= 15 is 0 Å². The molecule has 2 N–H and O–H groups in total. The molecule has 2 aliphatic heterocycles. The molecule has 0 bridgehead atoms. The summed E-state index contributed by atoms with van der Waals surface area (Å²) in [5.74, 6) is -2.95. The molecule has 4 aromatic carbocycles. The molecule has 2 heterocycles. The fraction of sp³-hybridized carbons (Fsp3) is 0.237. The van der Waals surface area contributed by atoms with E-state index in [1.54, 1.807) is 72.8 Å². The molecule has 2 aliphatic rings. The molecule has 4 aromatic rings. The molecule has 12 nitrogen and oxygen atoms in total. The number of nitrogens with one attached hydrogen (secondary N) is 2. The predicted octanol–water partition coefficient (Wildman–Crippen LogP) is 4.28. The number of rotatable bonds is 12. The summed E-state index contributed by atoms with van der Waals surface area (Å²) in [6, 6.07) is 33.2. The van der Waals surface area contributed by atoms with E-state index in [0.717, 1.165) is 10.6 Å². The van der Waals surface area contributed by atoms with Crippen molar-refractivity contribution in [3.8, 4) is 0 Å². The molecule has 12 heteroatoms. The van der Waals surface area contributed by atoms with Gasteiger partial charge in [0.25, 0.3) is 5.91 Å². The van der Waals surface area contributed by atoms with Crippen LogP contribution < -0.4 is 10.6 Å². The fourth-order valence-electron chi connectivity index (χ4n) is 5.79. The standard InChI is InChI=1S/C38H35N3O9/c42-32(22-29-18-10-11-19-30(29)23-39-37(46)47-24-26-12-4-1-5-13-26)40-31-25-48-41(35(31)44)38(21-20-33(43)50-38)36(45)49-34(27-14-6-2-7-15-27)28-16-8-3-9-17-28/h1-19,31,34H,20-25H2,(H,39,46)(H,40,42)/t31-,38?/m0/s1. The van der Waals surface area contributed by atoms with Gasteiger partial charge in [-0.1, -0.05) is 115 Å². The Morgan fingerprint density at radius 2 is 1.42 bits per heavy atom. The fourth-order valence-corrected chi connectivity index (χ4v) is 5.79. The van der Waals surface area contributed by atoms with Crippen molar-refractivity contribution in [3.63, 3.8) is 0 Å². The van der Waals surface area contributed by atoms with Crippen molar-refractivity contribution in [1.82, 2.24) is 15.7 Å². The van der Waals surface area contributed by atoms with Crippen LogP contribution in [0.5, 0.6) is 0 Å². The minimum absolute atomic E-state index is 0.110. The van der Waals surface area contributed by atoms with Crippen molar-refractivity contribution >= 4 is 29.8 Å². The molecule has 0 aromatic heterocycles. The lowest BCUT2D eigenvalue weighted by Gasteiger charge is -2.34. The molecular weight excluding hydrogens is 642 g/mol. The molecule has 2 saturated heterocycles. The third-order valence-corrected chi connectivity index (χ3v) is 8.34. The molecule has 3 amide bonds. The van der Waals surface area contributed by atoms with Gasteiger partial charge in [0, 0.05) is 13.0 Å². The highest BCUT2D eigenvalue weighted by molar-refractivity contribution is 5.95. The first-order valence-corrected chi connectivity index (χ1v) is 16.1. The maximum atomic E-state index is 13.9. The van der Waals surface area contributed by atoms with Crippen molar-refractivity contribution in [2.24, 2.45) is 0 Å². The van der Waals surface area contributed by atoms with Crippen LogP contribution in [0.1, 0.15) is 46.8 Å². The summed E-state index contributed by atoms with van der Waals surface area (Å²) in [4.78, 5) is 71.1. The molecule has 1 unspecified atom stereocenters. The molecule has 50 heavy (non-hydrogen) atoms. The van der Waals surface area contributed by atoms with Gasteiger partial charge in [0.05, 0.1) is 12.8 Å². The number of hydrogen-bond donors (Lipinski definition) is 2. The summed E-state index contributed by atoms with van der Waals surface area (Å²) in [7, 11) is 0. The average Bonchev–Trinajstić information content (AvgIpc) is 3.72. The van der Waals surface area contributed by atoms with Gasteiger partial charge in [-0.3, -0.25) is 19.2 Å². The largest absolute Gasteiger partial charge is 0.448 e. The van der Waals surface area contributed by atoms with Crippen LogP contribution in [0, 0.1) is 0 Å². The zero-order chi connectivity index (χ0) is 34.9. The minimum atomic E-state index is -2.18. The van der Waals surface area contributed by atoms with E-state index in [-0.39, 0.29) is 39.0 Å². The SMILES string of the molecule is O=C(Cc1ccccc1CNC(=O)OCc1ccccc1)N[C@H]1CON(C2(C(=O)OC(c3ccccc3)c3ccccc3)CCC(=O)O2)C1=O. The lowest BCUT2D eigenvalue weighted by atomic mass is 10.0. The number of nitrogens with zero attached hydrogens (tertiary/aromatic N) is 1. The summed E-state index contributed by atoms with van der Waals surface area (Å²) in [6.07, 6.45) is -1.93. The Hall–Kier alpha value is -6.01. The first-order valence-electron chi connectivity index (χ1n) is 16.1. The molecular formula is C38H35N3O9. The molecule has 0 spiro atoms.